The molecule has 1 N–H and O–H groups in total. The molecule has 0 bridgehead atoms. The second-order valence-electron chi connectivity index (χ2n) is 9.03. The number of unbranched alkanes of at least 4 members (excludes halogenated alkanes) is 2. The third kappa shape index (κ3) is 3.59. The smallest absolute Gasteiger partial charge is 0.312 e. The Balaban J connectivity index is 1.75. The molecule has 8 heteroatoms. The number of aliphatic hydroxyl groups is 1. The van der Waals surface area contributed by atoms with Crippen LogP contribution in [0.15, 0.2) is 24.3 Å². The minimum absolute atomic E-state index is 0.0300. The number of hydrogen-bond donors (Lipinski definition) is 1. The van der Waals surface area contributed by atoms with Crippen LogP contribution in [0.2, 0.25) is 0 Å². The molecule has 170 valence electrons. The topological polar surface area (TPSA) is 96.4 Å². The van der Waals surface area contributed by atoms with Gasteiger partial charge < -0.3 is 24.4 Å². The van der Waals surface area contributed by atoms with Crippen LogP contribution in [0.25, 0.3) is 0 Å². The number of amides is 2. The fourth-order valence-corrected chi connectivity index (χ4v) is 5.40. The predicted molar refractivity (Wildman–Crippen MR) is 112 cm³/mol. The first-order valence-corrected chi connectivity index (χ1v) is 11.3. The average molecular weight is 433 g/mol. The van der Waals surface area contributed by atoms with Gasteiger partial charge in [0.2, 0.25) is 11.8 Å². The van der Waals surface area contributed by atoms with Gasteiger partial charge in [0.25, 0.3) is 0 Å². The van der Waals surface area contributed by atoms with Crippen molar-refractivity contribution in [3.8, 4) is 0 Å². The van der Waals surface area contributed by atoms with Crippen LogP contribution in [0.5, 0.6) is 0 Å². The number of esters is 1. The van der Waals surface area contributed by atoms with Crippen molar-refractivity contribution in [3.63, 3.8) is 0 Å². The summed E-state index contributed by atoms with van der Waals surface area (Å²) in [4.78, 5) is 43.7. The predicted octanol–water partition coefficient (Wildman–Crippen LogP) is 1.04. The van der Waals surface area contributed by atoms with Gasteiger partial charge >= 0.3 is 5.97 Å². The Morgan fingerprint density at radius 3 is 2.71 bits per heavy atom. The highest BCUT2D eigenvalue weighted by atomic mass is 16.6. The number of hydrogen-bond acceptors (Lipinski definition) is 6. The summed E-state index contributed by atoms with van der Waals surface area (Å²) >= 11 is 0. The van der Waals surface area contributed by atoms with Gasteiger partial charge in [0.05, 0.1) is 18.6 Å². The molecule has 1 spiro atoms. The Bertz CT molecular complexity index is 793. The molecule has 2 fully saturated rings. The average Bonchev–Trinajstić information content (AvgIpc) is 3.09. The number of likely N-dealkylation sites (tertiary alicyclic amines) is 1. The molecule has 4 heterocycles. The first kappa shape index (κ1) is 22.0. The van der Waals surface area contributed by atoms with Gasteiger partial charge in [-0.3, -0.25) is 14.4 Å². The molecule has 4 aliphatic rings. The van der Waals surface area contributed by atoms with Gasteiger partial charge in [0.15, 0.2) is 0 Å². The Morgan fingerprint density at radius 2 is 1.97 bits per heavy atom. The van der Waals surface area contributed by atoms with Crippen LogP contribution in [0.3, 0.4) is 0 Å². The SMILES string of the molecule is CC(C)N1CC=CC23O[C@@H]4C=CCCOC(=O)C4[C@H]2C(=O)N(CCCCCO)[C@@H]3C1=O. The molecule has 4 rings (SSSR count). The summed E-state index contributed by atoms with van der Waals surface area (Å²) in [6, 6.07) is -0.840. The molecule has 0 saturated carbocycles. The summed E-state index contributed by atoms with van der Waals surface area (Å²) in [6.07, 6.45) is 9.56. The number of cyclic esters (lactones) is 1. The monoisotopic (exact) mass is 432 g/mol. The van der Waals surface area contributed by atoms with Gasteiger partial charge in [-0.25, -0.2) is 0 Å². The van der Waals surface area contributed by atoms with Crippen molar-refractivity contribution in [2.24, 2.45) is 11.8 Å². The van der Waals surface area contributed by atoms with Crippen LogP contribution in [0.1, 0.15) is 39.5 Å². The minimum Gasteiger partial charge on any atom is -0.465 e. The highest BCUT2D eigenvalue weighted by Gasteiger charge is 2.71. The molecule has 2 amide bonds. The van der Waals surface area contributed by atoms with Crippen molar-refractivity contribution < 1.29 is 29.0 Å². The van der Waals surface area contributed by atoms with Crippen molar-refractivity contribution >= 4 is 17.8 Å². The highest BCUT2D eigenvalue weighted by Crippen LogP contribution is 2.53. The molecule has 31 heavy (non-hydrogen) atoms. The normalized spacial score (nSPS) is 34.9. The second-order valence-corrected chi connectivity index (χ2v) is 9.03. The van der Waals surface area contributed by atoms with Gasteiger partial charge in [-0.1, -0.05) is 24.3 Å². The minimum atomic E-state index is -1.18. The molecule has 0 aromatic carbocycles. The Hall–Kier alpha value is -2.19. The molecule has 5 atom stereocenters. The lowest BCUT2D eigenvalue weighted by molar-refractivity contribution is -0.155. The van der Waals surface area contributed by atoms with E-state index in [-0.39, 0.29) is 31.1 Å². The zero-order valence-corrected chi connectivity index (χ0v) is 18.2. The maximum atomic E-state index is 13.7. The largest absolute Gasteiger partial charge is 0.465 e. The van der Waals surface area contributed by atoms with Gasteiger partial charge in [-0.05, 0) is 39.5 Å². The molecule has 0 radical (unpaired) electrons. The fourth-order valence-electron chi connectivity index (χ4n) is 5.40. The Morgan fingerprint density at radius 1 is 1.16 bits per heavy atom. The summed E-state index contributed by atoms with van der Waals surface area (Å²) < 4.78 is 11.9. The molecule has 8 nitrogen and oxygen atoms in total. The van der Waals surface area contributed by atoms with E-state index in [9.17, 15) is 14.4 Å². The number of carbonyl (C=O) groups is 3. The second kappa shape index (κ2) is 8.74. The third-order valence-corrected chi connectivity index (χ3v) is 6.83. The number of rotatable bonds is 6. The standard InChI is InChI=1S/C23H32N2O6/c1-15(2)24-12-8-10-23-18(17-16(31-23)9-4-7-14-30-22(17)29)20(27)25(19(23)21(24)28)11-5-3-6-13-26/h4,8-10,15-19,26H,3,5-7,11-14H2,1-2H3/t16-,17?,18+,19-,23?/m1/s1. The zero-order valence-electron chi connectivity index (χ0n) is 18.2. The fraction of sp³-hybridized carbons (Fsp3) is 0.696. The van der Waals surface area contributed by atoms with E-state index in [0.29, 0.717) is 32.4 Å². The summed E-state index contributed by atoms with van der Waals surface area (Å²) in [5.41, 5.74) is -1.18. The van der Waals surface area contributed by atoms with Crippen LogP contribution in [-0.4, -0.2) is 82.8 Å². The number of carbonyl (C=O) groups excluding carboxylic acids is 3. The van der Waals surface area contributed by atoms with Crippen LogP contribution in [0, 0.1) is 11.8 Å². The Labute approximate surface area is 182 Å². The Kier molecular flexibility index (Phi) is 6.21. The van der Waals surface area contributed by atoms with Crippen LogP contribution < -0.4 is 0 Å². The molecular formula is C23H32N2O6. The molecule has 0 aliphatic carbocycles. The van der Waals surface area contributed by atoms with E-state index >= 15 is 0 Å². The molecular weight excluding hydrogens is 400 g/mol. The van der Waals surface area contributed by atoms with E-state index < -0.39 is 35.6 Å². The maximum Gasteiger partial charge on any atom is 0.312 e. The third-order valence-electron chi connectivity index (χ3n) is 6.83. The van der Waals surface area contributed by atoms with Crippen molar-refractivity contribution in [2.75, 3.05) is 26.3 Å². The van der Waals surface area contributed by atoms with Crippen LogP contribution >= 0.6 is 0 Å². The molecule has 2 unspecified atom stereocenters. The number of nitrogens with zero attached hydrogens (tertiary/aromatic N) is 2. The maximum absolute atomic E-state index is 13.7. The lowest BCUT2D eigenvalue weighted by Crippen LogP contribution is -2.56. The lowest BCUT2D eigenvalue weighted by atomic mass is 9.77. The van der Waals surface area contributed by atoms with E-state index in [2.05, 4.69) is 0 Å². The van der Waals surface area contributed by atoms with Gasteiger partial charge in [-0.15, -0.1) is 0 Å². The van der Waals surface area contributed by atoms with Crippen molar-refractivity contribution in [2.45, 2.75) is 63.3 Å². The first-order chi connectivity index (χ1) is 14.9. The van der Waals surface area contributed by atoms with Crippen molar-refractivity contribution in [3.05, 3.63) is 24.3 Å². The quantitative estimate of drug-likeness (QED) is 0.383. The van der Waals surface area contributed by atoms with Gasteiger partial charge in [0.1, 0.15) is 17.6 Å². The molecule has 0 aromatic heterocycles. The number of aliphatic hydroxyl groups excluding tert-OH is 1. The van der Waals surface area contributed by atoms with Crippen molar-refractivity contribution in [1.82, 2.24) is 9.80 Å². The molecule has 0 aromatic rings. The zero-order chi connectivity index (χ0) is 22.2. The summed E-state index contributed by atoms with van der Waals surface area (Å²) in [6.45, 7) is 5.10. The van der Waals surface area contributed by atoms with E-state index in [1.54, 1.807) is 9.80 Å². The first-order valence-electron chi connectivity index (χ1n) is 11.3. The van der Waals surface area contributed by atoms with Crippen molar-refractivity contribution in [1.29, 1.82) is 0 Å². The van der Waals surface area contributed by atoms with E-state index in [4.69, 9.17) is 14.6 Å². The summed E-state index contributed by atoms with van der Waals surface area (Å²) in [5.74, 6) is -2.36. The van der Waals surface area contributed by atoms with E-state index in [1.165, 1.54) is 0 Å². The highest BCUT2D eigenvalue weighted by molar-refractivity contribution is 5.99. The van der Waals surface area contributed by atoms with E-state index in [0.717, 1.165) is 6.42 Å². The van der Waals surface area contributed by atoms with E-state index in [1.807, 2.05) is 38.2 Å². The lowest BCUT2D eigenvalue weighted by Gasteiger charge is -2.36. The molecule has 4 aliphatic heterocycles. The summed E-state index contributed by atoms with van der Waals surface area (Å²) in [7, 11) is 0. The number of ether oxygens (including phenoxy) is 2. The molecule has 2 saturated heterocycles. The number of fused-ring (bicyclic) bond motifs is 2. The van der Waals surface area contributed by atoms with Crippen LogP contribution in [-0.2, 0) is 23.9 Å². The van der Waals surface area contributed by atoms with Gasteiger partial charge in [-0.2, -0.15) is 0 Å². The summed E-state index contributed by atoms with van der Waals surface area (Å²) in [5, 5.41) is 9.08. The van der Waals surface area contributed by atoms with Gasteiger partial charge in [0, 0.05) is 25.7 Å². The van der Waals surface area contributed by atoms with Crippen LogP contribution in [0.4, 0.5) is 0 Å².